The molecule has 1 aromatic carbocycles. The Labute approximate surface area is 152 Å². The SMILES string of the molecule is CNc1nc(Nc2ccc3c(c2)C(N(C)O)CS3(=O)=O)ncc1C(F)(F)F. The number of hydrogen-bond acceptors (Lipinski definition) is 8. The Morgan fingerprint density at radius 1 is 1.33 bits per heavy atom. The first-order valence-corrected chi connectivity index (χ1v) is 9.35. The highest BCUT2D eigenvalue weighted by atomic mass is 32.2. The number of rotatable bonds is 4. The minimum Gasteiger partial charge on any atom is -0.372 e. The Hall–Kier alpha value is -2.44. The van der Waals surface area contributed by atoms with E-state index in [-0.39, 0.29) is 16.6 Å². The van der Waals surface area contributed by atoms with Gasteiger partial charge in [-0.15, -0.1) is 0 Å². The van der Waals surface area contributed by atoms with Crippen molar-refractivity contribution in [2.75, 3.05) is 30.5 Å². The number of nitrogens with zero attached hydrogens (tertiary/aromatic N) is 3. The van der Waals surface area contributed by atoms with Crippen molar-refractivity contribution < 1.29 is 26.8 Å². The van der Waals surface area contributed by atoms with Crippen molar-refractivity contribution in [3.63, 3.8) is 0 Å². The molecule has 12 heteroatoms. The maximum atomic E-state index is 12.9. The molecule has 0 amide bonds. The van der Waals surface area contributed by atoms with Crippen molar-refractivity contribution in [3.05, 3.63) is 35.5 Å². The Morgan fingerprint density at radius 2 is 2.04 bits per heavy atom. The zero-order chi connectivity index (χ0) is 20.0. The van der Waals surface area contributed by atoms with Crippen molar-refractivity contribution >= 4 is 27.3 Å². The fourth-order valence-electron chi connectivity index (χ4n) is 2.84. The highest BCUT2D eigenvalue weighted by molar-refractivity contribution is 7.91. The van der Waals surface area contributed by atoms with E-state index in [0.717, 1.165) is 5.06 Å². The molecule has 3 rings (SSSR count). The van der Waals surface area contributed by atoms with Gasteiger partial charge in [-0.2, -0.15) is 23.2 Å². The highest BCUT2D eigenvalue weighted by Crippen LogP contribution is 2.38. The second-order valence-corrected chi connectivity index (χ2v) is 7.95. The number of anilines is 3. The summed E-state index contributed by atoms with van der Waals surface area (Å²) in [7, 11) is -0.868. The van der Waals surface area contributed by atoms with Crippen molar-refractivity contribution in [1.29, 1.82) is 0 Å². The second kappa shape index (κ2) is 6.62. The molecule has 0 spiro atoms. The number of sulfone groups is 1. The van der Waals surface area contributed by atoms with Crippen LogP contribution in [0.25, 0.3) is 0 Å². The summed E-state index contributed by atoms with van der Waals surface area (Å²) in [5, 5.41) is 15.6. The lowest BCUT2D eigenvalue weighted by atomic mass is 10.1. The predicted octanol–water partition coefficient (Wildman–Crippen LogP) is 2.43. The number of nitrogens with one attached hydrogen (secondary N) is 2. The van der Waals surface area contributed by atoms with Gasteiger partial charge in [0.25, 0.3) is 0 Å². The van der Waals surface area contributed by atoms with Gasteiger partial charge in [0.05, 0.1) is 16.7 Å². The number of alkyl halides is 3. The average molecular weight is 403 g/mol. The van der Waals surface area contributed by atoms with E-state index in [0.29, 0.717) is 17.4 Å². The molecular formula is C15H16F3N5O3S. The van der Waals surface area contributed by atoms with Crippen LogP contribution in [0, 0.1) is 0 Å². The molecule has 1 aromatic heterocycles. The third kappa shape index (κ3) is 3.68. The molecule has 146 valence electrons. The maximum Gasteiger partial charge on any atom is 0.421 e. The lowest BCUT2D eigenvalue weighted by Gasteiger charge is -2.17. The smallest absolute Gasteiger partial charge is 0.372 e. The fraction of sp³-hybridized carbons (Fsp3) is 0.333. The van der Waals surface area contributed by atoms with Crippen LogP contribution in [0.2, 0.25) is 0 Å². The quantitative estimate of drug-likeness (QED) is 0.668. The van der Waals surface area contributed by atoms with E-state index >= 15 is 0 Å². The molecule has 2 aromatic rings. The zero-order valence-corrected chi connectivity index (χ0v) is 15.1. The summed E-state index contributed by atoms with van der Waals surface area (Å²) in [6.45, 7) is 0. The van der Waals surface area contributed by atoms with Crippen molar-refractivity contribution in [1.82, 2.24) is 15.0 Å². The fourth-order valence-corrected chi connectivity index (χ4v) is 4.66. The standard InChI is InChI=1S/C15H16F3N5O3S/c1-19-13-10(15(16,17)18)6-20-14(22-13)21-8-3-4-12-9(5-8)11(23(2)24)7-27(12,25)26/h3-6,11,24H,7H2,1-2H3,(H2,19,20,21,22). The van der Waals surface area contributed by atoms with Gasteiger partial charge >= 0.3 is 6.18 Å². The van der Waals surface area contributed by atoms with Crippen molar-refractivity contribution in [3.8, 4) is 0 Å². The van der Waals surface area contributed by atoms with Gasteiger partial charge < -0.3 is 15.8 Å². The molecule has 0 saturated carbocycles. The molecule has 27 heavy (non-hydrogen) atoms. The molecule has 0 saturated heterocycles. The van der Waals surface area contributed by atoms with E-state index in [4.69, 9.17) is 0 Å². The van der Waals surface area contributed by atoms with Gasteiger partial charge in [-0.1, -0.05) is 0 Å². The summed E-state index contributed by atoms with van der Waals surface area (Å²) < 4.78 is 63.0. The molecule has 0 fully saturated rings. The molecule has 1 aliphatic rings. The monoisotopic (exact) mass is 403 g/mol. The van der Waals surface area contributed by atoms with Crippen LogP contribution in [-0.2, 0) is 16.0 Å². The molecule has 3 N–H and O–H groups in total. The summed E-state index contributed by atoms with van der Waals surface area (Å²) in [5.41, 5.74) is -0.247. The lowest BCUT2D eigenvalue weighted by Crippen LogP contribution is -2.22. The van der Waals surface area contributed by atoms with Crippen LogP contribution in [0.1, 0.15) is 17.2 Å². The first-order chi connectivity index (χ1) is 12.5. The van der Waals surface area contributed by atoms with Gasteiger partial charge in [0.15, 0.2) is 9.84 Å². The molecule has 0 radical (unpaired) electrons. The normalized spacial score (nSPS) is 18.4. The summed E-state index contributed by atoms with van der Waals surface area (Å²) in [6, 6.07) is 3.58. The van der Waals surface area contributed by atoms with Crippen LogP contribution in [-0.4, -0.2) is 48.5 Å². The number of aromatic nitrogens is 2. The van der Waals surface area contributed by atoms with Gasteiger partial charge in [-0.3, -0.25) is 0 Å². The zero-order valence-electron chi connectivity index (χ0n) is 14.2. The first-order valence-electron chi connectivity index (χ1n) is 7.70. The minimum atomic E-state index is -4.60. The summed E-state index contributed by atoms with van der Waals surface area (Å²) >= 11 is 0. The van der Waals surface area contributed by atoms with E-state index in [9.17, 15) is 26.8 Å². The second-order valence-electron chi connectivity index (χ2n) is 5.95. The van der Waals surface area contributed by atoms with Gasteiger partial charge in [0, 0.05) is 26.0 Å². The molecule has 2 heterocycles. The van der Waals surface area contributed by atoms with E-state index in [1.54, 1.807) is 0 Å². The first kappa shape index (κ1) is 19.3. The average Bonchev–Trinajstić information content (AvgIpc) is 2.85. The number of hydroxylamine groups is 2. The van der Waals surface area contributed by atoms with Gasteiger partial charge in [0.2, 0.25) is 5.95 Å². The lowest BCUT2D eigenvalue weighted by molar-refractivity contribution is -0.137. The number of hydrogen-bond donors (Lipinski definition) is 3. The molecular weight excluding hydrogens is 387 g/mol. The highest BCUT2D eigenvalue weighted by Gasteiger charge is 2.37. The van der Waals surface area contributed by atoms with Crippen LogP contribution in [0.4, 0.5) is 30.6 Å². The molecule has 8 nitrogen and oxygen atoms in total. The van der Waals surface area contributed by atoms with E-state index in [2.05, 4.69) is 20.6 Å². The number of halogens is 3. The topological polar surface area (TPSA) is 107 Å². The van der Waals surface area contributed by atoms with E-state index in [1.807, 2.05) is 0 Å². The van der Waals surface area contributed by atoms with Gasteiger partial charge in [-0.05, 0) is 23.8 Å². The molecule has 0 aliphatic carbocycles. The molecule has 0 bridgehead atoms. The molecule has 1 aliphatic heterocycles. The maximum absolute atomic E-state index is 12.9. The summed E-state index contributed by atoms with van der Waals surface area (Å²) in [5.74, 6) is -0.752. The summed E-state index contributed by atoms with van der Waals surface area (Å²) in [4.78, 5) is 7.56. The molecule has 1 unspecified atom stereocenters. The van der Waals surface area contributed by atoms with Crippen LogP contribution in [0.15, 0.2) is 29.3 Å². The Bertz CT molecular complexity index is 979. The van der Waals surface area contributed by atoms with Gasteiger partial charge in [-0.25, -0.2) is 13.4 Å². The van der Waals surface area contributed by atoms with Crippen LogP contribution in [0.3, 0.4) is 0 Å². The van der Waals surface area contributed by atoms with Crippen LogP contribution < -0.4 is 10.6 Å². The number of fused-ring (bicyclic) bond motifs is 1. The Kier molecular flexibility index (Phi) is 4.74. The Morgan fingerprint density at radius 3 is 2.63 bits per heavy atom. The molecule has 1 atom stereocenters. The Balaban J connectivity index is 1.95. The summed E-state index contributed by atoms with van der Waals surface area (Å²) in [6.07, 6.45) is -3.94. The van der Waals surface area contributed by atoms with Crippen molar-refractivity contribution in [2.45, 2.75) is 17.1 Å². The minimum absolute atomic E-state index is 0.0953. The van der Waals surface area contributed by atoms with E-state index < -0.39 is 33.4 Å². The van der Waals surface area contributed by atoms with Crippen LogP contribution >= 0.6 is 0 Å². The predicted molar refractivity (Wildman–Crippen MR) is 90.6 cm³/mol. The third-order valence-electron chi connectivity index (χ3n) is 4.12. The van der Waals surface area contributed by atoms with Crippen molar-refractivity contribution in [2.24, 2.45) is 0 Å². The van der Waals surface area contributed by atoms with E-state index in [1.165, 1.54) is 32.3 Å². The number of benzene rings is 1. The van der Waals surface area contributed by atoms with Crippen LogP contribution in [0.5, 0.6) is 0 Å². The van der Waals surface area contributed by atoms with Gasteiger partial charge in [0.1, 0.15) is 11.4 Å². The third-order valence-corrected chi connectivity index (χ3v) is 5.92. The largest absolute Gasteiger partial charge is 0.421 e.